The number of hydrogen-bond donors (Lipinski definition) is 1. The third-order valence-corrected chi connectivity index (χ3v) is 5.50. The van der Waals surface area contributed by atoms with Gasteiger partial charge in [-0.25, -0.2) is 5.43 Å². The molecule has 0 unspecified atom stereocenters. The zero-order chi connectivity index (χ0) is 21.5. The van der Waals surface area contributed by atoms with Gasteiger partial charge in [0.05, 0.1) is 11.1 Å². The molecule has 0 saturated carbocycles. The molecule has 2 aromatic rings. The van der Waals surface area contributed by atoms with Crippen molar-refractivity contribution in [3.63, 3.8) is 0 Å². The summed E-state index contributed by atoms with van der Waals surface area (Å²) in [5, 5.41) is 14.9. The molecular formula is C23H28N4O3. The molecule has 2 aromatic carbocycles. The Bertz CT molecular complexity index is 884. The maximum absolute atomic E-state index is 12.4. The van der Waals surface area contributed by atoms with Crippen molar-refractivity contribution in [3.8, 4) is 0 Å². The standard InChI is InChI=1S/C23H28N4O3/c1-17(2)20-7-3-18(4-8-20)15-24-25-23(28)21-11-13-26(14-12-21)16-19-5-9-22(10-6-19)27(29)30/h3-10,15,17,21H,11-14,16H2,1-2H3,(H,25,28). The molecule has 7 heteroatoms. The molecule has 1 aliphatic heterocycles. The summed E-state index contributed by atoms with van der Waals surface area (Å²) in [5.74, 6) is 0.403. The molecule has 0 radical (unpaired) electrons. The topological polar surface area (TPSA) is 87.8 Å². The summed E-state index contributed by atoms with van der Waals surface area (Å²) < 4.78 is 0. The van der Waals surface area contributed by atoms with Crippen molar-refractivity contribution in [3.05, 3.63) is 75.3 Å². The third-order valence-electron chi connectivity index (χ3n) is 5.50. The molecular weight excluding hydrogens is 380 g/mol. The molecule has 1 aliphatic rings. The summed E-state index contributed by atoms with van der Waals surface area (Å²) in [5.41, 5.74) is 6.04. The van der Waals surface area contributed by atoms with Crippen molar-refractivity contribution in [2.45, 2.75) is 39.2 Å². The lowest BCUT2D eigenvalue weighted by Crippen LogP contribution is -2.39. The molecule has 0 spiro atoms. The minimum atomic E-state index is -0.392. The van der Waals surface area contributed by atoms with Crippen LogP contribution in [-0.4, -0.2) is 35.0 Å². The molecule has 1 N–H and O–H groups in total. The van der Waals surface area contributed by atoms with Gasteiger partial charge in [-0.2, -0.15) is 5.10 Å². The second-order valence-electron chi connectivity index (χ2n) is 8.03. The highest BCUT2D eigenvalue weighted by Crippen LogP contribution is 2.20. The Hall–Kier alpha value is -3.06. The van der Waals surface area contributed by atoms with E-state index in [9.17, 15) is 14.9 Å². The number of nitro groups is 1. The van der Waals surface area contributed by atoms with E-state index in [0.717, 1.165) is 43.6 Å². The van der Waals surface area contributed by atoms with Crippen molar-refractivity contribution >= 4 is 17.8 Å². The molecule has 1 saturated heterocycles. The van der Waals surface area contributed by atoms with Crippen molar-refractivity contribution in [2.75, 3.05) is 13.1 Å². The van der Waals surface area contributed by atoms with E-state index < -0.39 is 4.92 Å². The van der Waals surface area contributed by atoms with E-state index in [2.05, 4.69) is 41.4 Å². The van der Waals surface area contributed by atoms with Crippen LogP contribution in [0.2, 0.25) is 0 Å². The van der Waals surface area contributed by atoms with Gasteiger partial charge >= 0.3 is 0 Å². The summed E-state index contributed by atoms with van der Waals surface area (Å²) in [6, 6.07) is 14.8. The molecule has 3 rings (SSSR count). The van der Waals surface area contributed by atoms with Gasteiger partial charge in [0.25, 0.3) is 5.69 Å². The predicted molar refractivity (Wildman–Crippen MR) is 117 cm³/mol. The molecule has 30 heavy (non-hydrogen) atoms. The smallest absolute Gasteiger partial charge is 0.269 e. The van der Waals surface area contributed by atoms with Gasteiger partial charge < -0.3 is 0 Å². The zero-order valence-electron chi connectivity index (χ0n) is 17.5. The number of hydrogen-bond acceptors (Lipinski definition) is 5. The van der Waals surface area contributed by atoms with Crippen LogP contribution in [0.5, 0.6) is 0 Å². The number of nitro benzene ring substituents is 1. The van der Waals surface area contributed by atoms with Crippen LogP contribution in [0.25, 0.3) is 0 Å². The highest BCUT2D eigenvalue weighted by Gasteiger charge is 2.24. The van der Waals surface area contributed by atoms with Crippen LogP contribution in [-0.2, 0) is 11.3 Å². The van der Waals surface area contributed by atoms with Gasteiger partial charge in [0, 0.05) is 24.6 Å². The number of rotatable bonds is 7. The van der Waals surface area contributed by atoms with Gasteiger partial charge in [0.15, 0.2) is 0 Å². The second kappa shape index (κ2) is 10.1. The van der Waals surface area contributed by atoms with Gasteiger partial charge in [0.1, 0.15) is 0 Å². The maximum Gasteiger partial charge on any atom is 0.269 e. The van der Waals surface area contributed by atoms with Gasteiger partial charge in [0.2, 0.25) is 5.91 Å². The number of carbonyl (C=O) groups is 1. The molecule has 0 atom stereocenters. The van der Waals surface area contributed by atoms with Gasteiger partial charge in [-0.1, -0.05) is 50.2 Å². The van der Waals surface area contributed by atoms with E-state index >= 15 is 0 Å². The summed E-state index contributed by atoms with van der Waals surface area (Å²) >= 11 is 0. The van der Waals surface area contributed by atoms with E-state index in [1.54, 1.807) is 18.3 Å². The van der Waals surface area contributed by atoms with Crippen molar-refractivity contribution in [2.24, 2.45) is 11.0 Å². The van der Waals surface area contributed by atoms with Crippen LogP contribution in [0.4, 0.5) is 5.69 Å². The second-order valence-corrected chi connectivity index (χ2v) is 8.03. The van der Waals surface area contributed by atoms with E-state index in [1.807, 2.05) is 12.1 Å². The number of carbonyl (C=O) groups excluding carboxylic acids is 1. The Labute approximate surface area is 176 Å². The number of non-ortho nitro benzene ring substituents is 1. The lowest BCUT2D eigenvalue weighted by atomic mass is 9.96. The number of likely N-dealkylation sites (tertiary alicyclic amines) is 1. The first kappa shape index (κ1) is 21.6. The van der Waals surface area contributed by atoms with E-state index in [4.69, 9.17) is 0 Å². The van der Waals surface area contributed by atoms with Crippen LogP contribution in [0.15, 0.2) is 53.6 Å². The van der Waals surface area contributed by atoms with Crippen molar-refractivity contribution in [1.82, 2.24) is 10.3 Å². The molecule has 1 amide bonds. The summed E-state index contributed by atoms with van der Waals surface area (Å²) in [7, 11) is 0. The largest absolute Gasteiger partial charge is 0.299 e. The number of nitrogens with zero attached hydrogens (tertiary/aromatic N) is 3. The number of amides is 1. The van der Waals surface area contributed by atoms with Crippen molar-refractivity contribution < 1.29 is 9.72 Å². The number of nitrogens with one attached hydrogen (secondary N) is 1. The number of benzene rings is 2. The fourth-order valence-electron chi connectivity index (χ4n) is 3.56. The Kier molecular flexibility index (Phi) is 7.30. The SMILES string of the molecule is CC(C)c1ccc(C=NNC(=O)C2CCN(Cc3ccc([N+](=O)[O-])cc3)CC2)cc1. The van der Waals surface area contributed by atoms with E-state index in [1.165, 1.54) is 17.7 Å². The molecule has 0 aromatic heterocycles. The predicted octanol–water partition coefficient (Wildman–Crippen LogP) is 4.08. The summed E-state index contributed by atoms with van der Waals surface area (Å²) in [6.07, 6.45) is 3.22. The van der Waals surface area contributed by atoms with E-state index in [0.29, 0.717) is 5.92 Å². The first-order valence-electron chi connectivity index (χ1n) is 10.3. The summed E-state index contributed by atoms with van der Waals surface area (Å²) in [6.45, 7) is 6.67. The summed E-state index contributed by atoms with van der Waals surface area (Å²) in [4.78, 5) is 25.0. The molecule has 1 heterocycles. The molecule has 0 aliphatic carbocycles. The average molecular weight is 409 g/mol. The Morgan fingerprint density at radius 3 is 2.37 bits per heavy atom. The first-order valence-corrected chi connectivity index (χ1v) is 10.3. The minimum absolute atomic E-state index is 0.0416. The Balaban J connectivity index is 1.43. The molecule has 1 fully saturated rings. The highest BCUT2D eigenvalue weighted by atomic mass is 16.6. The van der Waals surface area contributed by atoms with Crippen LogP contribution in [0.3, 0.4) is 0 Å². The van der Waals surface area contributed by atoms with Crippen LogP contribution in [0.1, 0.15) is 49.3 Å². The normalized spacial score (nSPS) is 15.6. The minimum Gasteiger partial charge on any atom is -0.299 e. The zero-order valence-corrected chi connectivity index (χ0v) is 17.5. The number of hydrazone groups is 1. The number of piperidine rings is 1. The Morgan fingerprint density at radius 1 is 1.17 bits per heavy atom. The maximum atomic E-state index is 12.4. The van der Waals surface area contributed by atoms with Crippen LogP contribution < -0.4 is 5.43 Å². The Morgan fingerprint density at radius 2 is 1.80 bits per heavy atom. The lowest BCUT2D eigenvalue weighted by Gasteiger charge is -2.30. The van der Waals surface area contributed by atoms with Gasteiger partial charge in [-0.3, -0.25) is 19.8 Å². The van der Waals surface area contributed by atoms with Gasteiger partial charge in [-0.05, 0) is 48.5 Å². The highest BCUT2D eigenvalue weighted by molar-refractivity contribution is 5.83. The molecule has 7 nitrogen and oxygen atoms in total. The lowest BCUT2D eigenvalue weighted by molar-refractivity contribution is -0.384. The van der Waals surface area contributed by atoms with E-state index in [-0.39, 0.29) is 17.5 Å². The molecule has 158 valence electrons. The quantitative estimate of drug-likeness (QED) is 0.425. The van der Waals surface area contributed by atoms with Gasteiger partial charge in [-0.15, -0.1) is 0 Å². The fourth-order valence-corrected chi connectivity index (χ4v) is 3.56. The van der Waals surface area contributed by atoms with Crippen LogP contribution >= 0.6 is 0 Å². The molecule has 0 bridgehead atoms. The monoisotopic (exact) mass is 408 g/mol. The first-order chi connectivity index (χ1) is 14.4. The van der Waals surface area contributed by atoms with Crippen molar-refractivity contribution in [1.29, 1.82) is 0 Å². The third kappa shape index (κ3) is 5.97. The fraction of sp³-hybridized carbons (Fsp3) is 0.391. The van der Waals surface area contributed by atoms with Crippen LogP contribution in [0, 0.1) is 16.0 Å². The average Bonchev–Trinajstić information content (AvgIpc) is 2.75.